The van der Waals surface area contributed by atoms with Crippen LogP contribution in [0.15, 0.2) is 24.3 Å². The third-order valence-electron chi connectivity index (χ3n) is 3.37. The average Bonchev–Trinajstić information content (AvgIpc) is 2.85. The number of rotatable bonds is 5. The Kier molecular flexibility index (Phi) is 4.72. The zero-order chi connectivity index (χ0) is 15.4. The van der Waals surface area contributed by atoms with Crippen molar-refractivity contribution in [1.29, 1.82) is 0 Å². The Bertz CT molecular complexity index is 518. The molecule has 1 fully saturated rings. The predicted octanol–water partition coefficient (Wildman–Crippen LogP) is 2.37. The predicted molar refractivity (Wildman–Crippen MR) is 69.4 cm³/mol. The van der Waals surface area contributed by atoms with Crippen LogP contribution in [0.4, 0.5) is 8.78 Å². The van der Waals surface area contributed by atoms with Gasteiger partial charge < -0.3 is 14.7 Å². The lowest BCUT2D eigenvalue weighted by Gasteiger charge is -2.23. The molecule has 0 bridgehead atoms. The molecule has 1 N–H and O–H groups in total. The van der Waals surface area contributed by atoms with Crippen LogP contribution in [0.2, 0.25) is 0 Å². The number of halogens is 2. The monoisotopic (exact) mass is 299 g/mol. The van der Waals surface area contributed by atoms with Crippen LogP contribution < -0.4 is 4.74 Å². The number of hydrogen-bond donors (Lipinski definition) is 1. The maximum atomic E-state index is 12.3. The quantitative estimate of drug-likeness (QED) is 0.906. The van der Waals surface area contributed by atoms with E-state index in [1.165, 1.54) is 29.2 Å². The van der Waals surface area contributed by atoms with Crippen molar-refractivity contribution < 1.29 is 28.2 Å². The molecule has 21 heavy (non-hydrogen) atoms. The van der Waals surface area contributed by atoms with Crippen molar-refractivity contribution in [2.24, 2.45) is 0 Å². The summed E-state index contributed by atoms with van der Waals surface area (Å²) < 4.78 is 28.3. The van der Waals surface area contributed by atoms with Gasteiger partial charge in [0.2, 0.25) is 0 Å². The summed E-state index contributed by atoms with van der Waals surface area (Å²) in [6, 6.07) is 5.07. The van der Waals surface area contributed by atoms with Crippen molar-refractivity contribution in [2.75, 3.05) is 6.54 Å². The van der Waals surface area contributed by atoms with Gasteiger partial charge >= 0.3 is 12.6 Å². The maximum Gasteiger partial charge on any atom is 0.387 e. The van der Waals surface area contributed by atoms with Gasteiger partial charge in [0.15, 0.2) is 0 Å². The van der Waals surface area contributed by atoms with Crippen LogP contribution in [0.3, 0.4) is 0 Å². The van der Waals surface area contributed by atoms with E-state index in [2.05, 4.69) is 4.74 Å². The molecule has 1 amide bonds. The van der Waals surface area contributed by atoms with Gasteiger partial charge in [0.25, 0.3) is 5.91 Å². The Morgan fingerprint density at radius 3 is 2.57 bits per heavy atom. The van der Waals surface area contributed by atoms with Crippen molar-refractivity contribution in [2.45, 2.75) is 31.9 Å². The van der Waals surface area contributed by atoms with E-state index in [1.807, 2.05) is 0 Å². The first kappa shape index (κ1) is 15.2. The van der Waals surface area contributed by atoms with E-state index < -0.39 is 12.6 Å². The van der Waals surface area contributed by atoms with Crippen LogP contribution in [-0.2, 0) is 4.79 Å². The molecule has 1 saturated heterocycles. The zero-order valence-electron chi connectivity index (χ0n) is 11.2. The van der Waals surface area contributed by atoms with Crippen LogP contribution in [0.25, 0.3) is 0 Å². The smallest absolute Gasteiger partial charge is 0.387 e. The number of nitrogens with zero attached hydrogens (tertiary/aromatic N) is 1. The SMILES string of the molecule is O=C(O)CC1CCCN1C(=O)c1ccc(OC(F)F)cc1. The summed E-state index contributed by atoms with van der Waals surface area (Å²) in [6.07, 6.45) is 1.33. The molecule has 0 aliphatic carbocycles. The molecule has 0 radical (unpaired) electrons. The number of ether oxygens (including phenoxy) is 1. The summed E-state index contributed by atoms with van der Waals surface area (Å²) in [4.78, 5) is 24.6. The lowest BCUT2D eigenvalue weighted by atomic mass is 10.1. The second kappa shape index (κ2) is 6.51. The fourth-order valence-electron chi connectivity index (χ4n) is 2.46. The number of hydrogen-bond acceptors (Lipinski definition) is 3. The fraction of sp³-hybridized carbons (Fsp3) is 0.429. The van der Waals surface area contributed by atoms with Gasteiger partial charge in [-0.1, -0.05) is 0 Å². The molecule has 0 saturated carbocycles. The molecule has 114 valence electrons. The van der Waals surface area contributed by atoms with Gasteiger partial charge in [0, 0.05) is 18.2 Å². The summed E-state index contributed by atoms with van der Waals surface area (Å²) >= 11 is 0. The molecule has 1 unspecified atom stereocenters. The summed E-state index contributed by atoms with van der Waals surface area (Å²) in [5, 5.41) is 8.84. The minimum Gasteiger partial charge on any atom is -0.481 e. The van der Waals surface area contributed by atoms with Gasteiger partial charge in [-0.25, -0.2) is 0 Å². The molecule has 0 spiro atoms. The molecule has 0 aromatic heterocycles. The van der Waals surface area contributed by atoms with Gasteiger partial charge in [0.1, 0.15) is 5.75 Å². The topological polar surface area (TPSA) is 66.8 Å². The summed E-state index contributed by atoms with van der Waals surface area (Å²) in [5.74, 6) is -1.26. The molecule has 2 rings (SSSR count). The molecule has 1 aliphatic heterocycles. The number of likely N-dealkylation sites (tertiary alicyclic amines) is 1. The van der Waals surface area contributed by atoms with Crippen LogP contribution >= 0.6 is 0 Å². The molecule has 1 aliphatic rings. The molecule has 1 aromatic rings. The summed E-state index contributed by atoms with van der Waals surface area (Å²) in [6.45, 7) is -2.41. The zero-order valence-corrected chi connectivity index (χ0v) is 11.2. The standard InChI is InChI=1S/C14H15F2NO4/c15-14(16)21-11-5-3-9(4-6-11)13(20)17-7-1-2-10(17)8-12(18)19/h3-6,10,14H,1-2,7-8H2,(H,18,19). The van der Waals surface area contributed by atoms with Gasteiger partial charge in [0.05, 0.1) is 6.42 Å². The van der Waals surface area contributed by atoms with Crippen molar-refractivity contribution >= 4 is 11.9 Å². The number of alkyl halides is 2. The molecule has 1 atom stereocenters. The number of amides is 1. The summed E-state index contributed by atoms with van der Waals surface area (Å²) in [5.41, 5.74) is 0.328. The minimum absolute atomic E-state index is 0.0231. The maximum absolute atomic E-state index is 12.3. The van der Waals surface area contributed by atoms with Crippen molar-refractivity contribution in [1.82, 2.24) is 4.90 Å². The highest BCUT2D eigenvalue weighted by molar-refractivity contribution is 5.95. The minimum atomic E-state index is -2.91. The number of carboxylic acid groups (broad SMARTS) is 1. The molecule has 5 nitrogen and oxygen atoms in total. The van der Waals surface area contributed by atoms with E-state index in [-0.39, 0.29) is 24.1 Å². The molecular weight excluding hydrogens is 284 g/mol. The molecule has 1 aromatic carbocycles. The Balaban J connectivity index is 2.06. The van der Waals surface area contributed by atoms with Crippen LogP contribution in [-0.4, -0.2) is 41.1 Å². The Labute approximate surface area is 120 Å². The summed E-state index contributed by atoms with van der Waals surface area (Å²) in [7, 11) is 0. The van der Waals surface area contributed by atoms with E-state index >= 15 is 0 Å². The van der Waals surface area contributed by atoms with E-state index in [4.69, 9.17) is 5.11 Å². The van der Waals surface area contributed by atoms with Crippen LogP contribution in [0.1, 0.15) is 29.6 Å². The van der Waals surface area contributed by atoms with Gasteiger partial charge in [-0.05, 0) is 37.1 Å². The Morgan fingerprint density at radius 1 is 1.33 bits per heavy atom. The largest absolute Gasteiger partial charge is 0.481 e. The lowest BCUT2D eigenvalue weighted by molar-refractivity contribution is -0.137. The first-order chi connectivity index (χ1) is 9.97. The molecule has 1 heterocycles. The molecular formula is C14H15F2NO4. The third-order valence-corrected chi connectivity index (χ3v) is 3.37. The highest BCUT2D eigenvalue weighted by atomic mass is 19.3. The van der Waals surface area contributed by atoms with E-state index in [1.54, 1.807) is 0 Å². The first-order valence-corrected chi connectivity index (χ1v) is 6.55. The molecule has 7 heteroatoms. The highest BCUT2D eigenvalue weighted by Gasteiger charge is 2.30. The highest BCUT2D eigenvalue weighted by Crippen LogP contribution is 2.23. The second-order valence-electron chi connectivity index (χ2n) is 4.80. The van der Waals surface area contributed by atoms with Crippen molar-refractivity contribution in [3.05, 3.63) is 29.8 Å². The average molecular weight is 299 g/mol. The number of benzene rings is 1. The third kappa shape index (κ3) is 3.90. The fourth-order valence-corrected chi connectivity index (χ4v) is 2.46. The van der Waals surface area contributed by atoms with Crippen molar-refractivity contribution in [3.8, 4) is 5.75 Å². The lowest BCUT2D eigenvalue weighted by Crippen LogP contribution is -2.36. The Hall–Kier alpha value is -2.18. The van der Waals surface area contributed by atoms with Crippen LogP contribution in [0.5, 0.6) is 5.75 Å². The van der Waals surface area contributed by atoms with E-state index in [0.29, 0.717) is 18.5 Å². The number of carbonyl (C=O) groups excluding carboxylic acids is 1. The number of carboxylic acids is 1. The normalized spacial score (nSPS) is 18.0. The van der Waals surface area contributed by atoms with E-state index in [0.717, 1.165) is 6.42 Å². The Morgan fingerprint density at radius 2 is 2.00 bits per heavy atom. The van der Waals surface area contributed by atoms with Gasteiger partial charge in [-0.3, -0.25) is 9.59 Å². The number of carbonyl (C=O) groups is 2. The number of aliphatic carboxylic acids is 1. The second-order valence-corrected chi connectivity index (χ2v) is 4.80. The van der Waals surface area contributed by atoms with Crippen molar-refractivity contribution in [3.63, 3.8) is 0 Å². The van der Waals surface area contributed by atoms with Gasteiger partial charge in [-0.2, -0.15) is 8.78 Å². The van der Waals surface area contributed by atoms with E-state index in [9.17, 15) is 18.4 Å². The van der Waals surface area contributed by atoms with Crippen LogP contribution in [0, 0.1) is 0 Å². The van der Waals surface area contributed by atoms with Gasteiger partial charge in [-0.15, -0.1) is 0 Å². The first-order valence-electron chi connectivity index (χ1n) is 6.55.